The summed E-state index contributed by atoms with van der Waals surface area (Å²) in [5.74, 6) is 1.29. The van der Waals surface area contributed by atoms with E-state index in [2.05, 4.69) is 10.1 Å². The summed E-state index contributed by atoms with van der Waals surface area (Å²) >= 11 is 5.88. The molecule has 0 N–H and O–H groups in total. The van der Waals surface area contributed by atoms with E-state index >= 15 is 0 Å². The van der Waals surface area contributed by atoms with Gasteiger partial charge in [0.25, 0.3) is 0 Å². The maximum Gasteiger partial charge on any atom is 0.226 e. The van der Waals surface area contributed by atoms with Crippen LogP contribution in [-0.4, -0.2) is 57.9 Å². The summed E-state index contributed by atoms with van der Waals surface area (Å²) in [6.45, 7) is 6.20. The van der Waals surface area contributed by atoms with Crippen LogP contribution in [0.3, 0.4) is 0 Å². The van der Waals surface area contributed by atoms with E-state index in [-0.39, 0.29) is 17.7 Å². The molecule has 0 radical (unpaired) electrons. The number of carbonyl (C=O) groups is 2. The minimum Gasteiger partial charge on any atom is -0.339 e. The molecule has 1 saturated heterocycles. The van der Waals surface area contributed by atoms with Crippen LogP contribution < -0.4 is 0 Å². The first-order valence-corrected chi connectivity index (χ1v) is 9.97. The molecule has 1 aliphatic rings. The molecule has 0 atom stereocenters. The first-order valence-electron chi connectivity index (χ1n) is 9.59. The second-order valence-corrected chi connectivity index (χ2v) is 7.67. The zero-order valence-electron chi connectivity index (χ0n) is 16.2. The van der Waals surface area contributed by atoms with E-state index in [4.69, 9.17) is 16.1 Å². The van der Waals surface area contributed by atoms with Gasteiger partial charge in [-0.25, -0.2) is 0 Å². The quantitative estimate of drug-likeness (QED) is 0.739. The molecule has 0 aliphatic carbocycles. The number of aryl methyl sites for hydroxylation is 1. The van der Waals surface area contributed by atoms with Crippen LogP contribution in [0.4, 0.5) is 0 Å². The Labute approximate surface area is 169 Å². The van der Waals surface area contributed by atoms with E-state index in [1.807, 2.05) is 35.8 Å². The van der Waals surface area contributed by atoms with Gasteiger partial charge in [-0.15, -0.1) is 0 Å². The Morgan fingerprint density at radius 2 is 1.75 bits per heavy atom. The molecule has 2 amide bonds. The van der Waals surface area contributed by atoms with Crippen LogP contribution >= 0.6 is 11.6 Å². The minimum atomic E-state index is -0.00517. The van der Waals surface area contributed by atoms with Crippen molar-refractivity contribution < 1.29 is 14.1 Å². The van der Waals surface area contributed by atoms with E-state index in [1.54, 1.807) is 12.1 Å². The Morgan fingerprint density at radius 1 is 1.11 bits per heavy atom. The van der Waals surface area contributed by atoms with E-state index in [0.717, 1.165) is 5.56 Å². The van der Waals surface area contributed by atoms with Crippen LogP contribution in [0.15, 0.2) is 28.8 Å². The molecule has 1 aromatic carbocycles. The SMILES string of the molecule is CC(C)C(=O)N1CCN(C(=O)CCCc2nc(-c3ccc(Cl)cc3)no2)CC1. The van der Waals surface area contributed by atoms with E-state index in [0.29, 0.717) is 62.2 Å². The van der Waals surface area contributed by atoms with Crippen LogP contribution in [0.1, 0.15) is 32.6 Å². The van der Waals surface area contributed by atoms with Crippen LogP contribution in [0, 0.1) is 5.92 Å². The van der Waals surface area contributed by atoms with Gasteiger partial charge in [0.1, 0.15) is 0 Å². The summed E-state index contributed by atoms with van der Waals surface area (Å²) in [7, 11) is 0. The molecular weight excluding hydrogens is 380 g/mol. The highest BCUT2D eigenvalue weighted by Crippen LogP contribution is 2.19. The summed E-state index contributed by atoms with van der Waals surface area (Å²) in [4.78, 5) is 32.5. The van der Waals surface area contributed by atoms with Gasteiger partial charge in [-0.3, -0.25) is 9.59 Å². The molecule has 0 spiro atoms. The Bertz CT molecular complexity index is 811. The lowest BCUT2D eigenvalue weighted by Crippen LogP contribution is -2.51. The second-order valence-electron chi connectivity index (χ2n) is 7.23. The van der Waals surface area contributed by atoms with E-state index in [9.17, 15) is 9.59 Å². The fourth-order valence-corrected chi connectivity index (χ4v) is 3.29. The number of hydrogen-bond acceptors (Lipinski definition) is 5. The molecule has 0 bridgehead atoms. The van der Waals surface area contributed by atoms with Gasteiger partial charge in [-0.2, -0.15) is 4.98 Å². The predicted molar refractivity (Wildman–Crippen MR) is 106 cm³/mol. The highest BCUT2D eigenvalue weighted by atomic mass is 35.5. The zero-order valence-corrected chi connectivity index (χ0v) is 17.0. The summed E-state index contributed by atoms with van der Waals surface area (Å²) in [5, 5.41) is 4.63. The number of benzene rings is 1. The number of piperazine rings is 1. The van der Waals surface area contributed by atoms with Crippen LogP contribution in [-0.2, 0) is 16.0 Å². The number of carbonyl (C=O) groups excluding carboxylic acids is 2. The lowest BCUT2D eigenvalue weighted by molar-refractivity contribution is -0.141. The fourth-order valence-electron chi connectivity index (χ4n) is 3.16. The van der Waals surface area contributed by atoms with Crippen molar-refractivity contribution in [2.75, 3.05) is 26.2 Å². The first kappa shape index (κ1) is 20.3. The molecular formula is C20H25ClN4O3. The number of rotatable bonds is 6. The zero-order chi connectivity index (χ0) is 20.1. The fraction of sp³-hybridized carbons (Fsp3) is 0.500. The summed E-state index contributed by atoms with van der Waals surface area (Å²) in [5.41, 5.74) is 0.837. The van der Waals surface area contributed by atoms with Gasteiger partial charge in [0.15, 0.2) is 0 Å². The molecule has 150 valence electrons. The molecule has 1 aliphatic heterocycles. The van der Waals surface area contributed by atoms with E-state index < -0.39 is 0 Å². The summed E-state index contributed by atoms with van der Waals surface area (Å²) < 4.78 is 5.28. The van der Waals surface area contributed by atoms with Gasteiger partial charge in [-0.05, 0) is 30.7 Å². The van der Waals surface area contributed by atoms with Crippen LogP contribution in [0.25, 0.3) is 11.4 Å². The third-order valence-electron chi connectivity index (χ3n) is 4.79. The minimum absolute atomic E-state index is 0.00517. The van der Waals surface area contributed by atoms with Crippen molar-refractivity contribution in [3.8, 4) is 11.4 Å². The maximum absolute atomic E-state index is 12.4. The molecule has 1 aromatic heterocycles. The molecule has 8 heteroatoms. The summed E-state index contributed by atoms with van der Waals surface area (Å²) in [6, 6.07) is 7.23. The number of halogens is 1. The topological polar surface area (TPSA) is 79.5 Å². The number of aromatic nitrogens is 2. The van der Waals surface area contributed by atoms with Gasteiger partial charge in [0.05, 0.1) is 0 Å². The largest absolute Gasteiger partial charge is 0.339 e. The van der Waals surface area contributed by atoms with Crippen molar-refractivity contribution in [3.63, 3.8) is 0 Å². The third-order valence-corrected chi connectivity index (χ3v) is 5.04. The molecule has 1 fully saturated rings. The molecule has 0 unspecified atom stereocenters. The van der Waals surface area contributed by atoms with E-state index in [1.165, 1.54) is 0 Å². The highest BCUT2D eigenvalue weighted by Gasteiger charge is 2.25. The van der Waals surface area contributed by atoms with Gasteiger partial charge in [0, 0.05) is 55.5 Å². The normalized spacial score (nSPS) is 14.6. The van der Waals surface area contributed by atoms with Gasteiger partial charge >= 0.3 is 0 Å². The third kappa shape index (κ3) is 5.10. The standard InChI is InChI=1S/C20H25ClN4O3/c1-14(2)20(27)25-12-10-24(11-13-25)18(26)5-3-4-17-22-19(23-28-17)15-6-8-16(21)9-7-15/h6-9,14H,3-5,10-13H2,1-2H3. The van der Waals surface area contributed by atoms with Crippen molar-refractivity contribution in [1.29, 1.82) is 0 Å². The molecule has 28 heavy (non-hydrogen) atoms. The van der Waals surface area contributed by atoms with Gasteiger partial charge < -0.3 is 14.3 Å². The van der Waals surface area contributed by atoms with Crippen molar-refractivity contribution in [3.05, 3.63) is 35.2 Å². The van der Waals surface area contributed by atoms with Crippen LogP contribution in [0.2, 0.25) is 5.02 Å². The first-order chi connectivity index (χ1) is 13.4. The van der Waals surface area contributed by atoms with Crippen molar-refractivity contribution >= 4 is 23.4 Å². The Hall–Kier alpha value is -2.41. The molecule has 7 nitrogen and oxygen atoms in total. The number of nitrogens with zero attached hydrogens (tertiary/aromatic N) is 4. The lowest BCUT2D eigenvalue weighted by atomic mass is 10.1. The predicted octanol–water partition coefficient (Wildman–Crippen LogP) is 3.04. The Balaban J connectivity index is 1.42. The van der Waals surface area contributed by atoms with Crippen LogP contribution in [0.5, 0.6) is 0 Å². The Kier molecular flexibility index (Phi) is 6.67. The van der Waals surface area contributed by atoms with Gasteiger partial charge in [-0.1, -0.05) is 30.6 Å². The molecule has 2 heterocycles. The second kappa shape index (κ2) is 9.19. The van der Waals surface area contributed by atoms with Crippen molar-refractivity contribution in [2.45, 2.75) is 33.1 Å². The highest BCUT2D eigenvalue weighted by molar-refractivity contribution is 6.30. The summed E-state index contributed by atoms with van der Waals surface area (Å²) in [6.07, 6.45) is 1.63. The lowest BCUT2D eigenvalue weighted by Gasteiger charge is -2.35. The maximum atomic E-state index is 12.4. The van der Waals surface area contributed by atoms with Crippen molar-refractivity contribution in [1.82, 2.24) is 19.9 Å². The molecule has 0 saturated carbocycles. The molecule has 3 rings (SSSR count). The number of hydrogen-bond donors (Lipinski definition) is 0. The number of amides is 2. The van der Waals surface area contributed by atoms with Crippen molar-refractivity contribution in [2.24, 2.45) is 5.92 Å². The smallest absolute Gasteiger partial charge is 0.226 e. The Morgan fingerprint density at radius 3 is 2.39 bits per heavy atom. The monoisotopic (exact) mass is 404 g/mol. The molecule has 2 aromatic rings. The van der Waals surface area contributed by atoms with Gasteiger partial charge in [0.2, 0.25) is 23.5 Å². The average Bonchev–Trinajstić information content (AvgIpc) is 3.17. The average molecular weight is 405 g/mol.